The summed E-state index contributed by atoms with van der Waals surface area (Å²) >= 11 is 0. The van der Waals surface area contributed by atoms with Gasteiger partial charge in [0.1, 0.15) is 0 Å². The summed E-state index contributed by atoms with van der Waals surface area (Å²) in [5.41, 5.74) is 0.372. The van der Waals surface area contributed by atoms with Gasteiger partial charge >= 0.3 is 0 Å². The highest BCUT2D eigenvalue weighted by atomic mass is 16.7. The number of rotatable bonds is 0. The molecule has 4 atom stereocenters. The van der Waals surface area contributed by atoms with E-state index in [0.29, 0.717) is 5.92 Å². The second kappa shape index (κ2) is 3.75. The zero-order valence-electron chi connectivity index (χ0n) is 13.0. The van der Waals surface area contributed by atoms with E-state index in [2.05, 4.69) is 34.6 Å². The molecule has 0 unspecified atom stereocenters. The van der Waals surface area contributed by atoms with Crippen LogP contribution in [0.3, 0.4) is 0 Å². The lowest BCUT2D eigenvalue weighted by Crippen LogP contribution is -2.47. The van der Waals surface area contributed by atoms with E-state index in [1.54, 1.807) is 0 Å². The molecule has 0 amide bonds. The molecule has 2 aliphatic carbocycles. The lowest BCUT2D eigenvalue weighted by Gasteiger charge is -2.43. The van der Waals surface area contributed by atoms with Crippen LogP contribution in [-0.4, -0.2) is 30.2 Å². The normalized spacial score (nSPS) is 51.5. The Kier molecular flexibility index (Phi) is 2.73. The minimum absolute atomic E-state index is 0.119. The Bertz CT molecular complexity index is 381. The largest absolute Gasteiger partial charge is 0.393 e. The van der Waals surface area contributed by atoms with Crippen molar-refractivity contribution in [2.24, 2.45) is 22.2 Å². The Morgan fingerprint density at radius 2 is 1.58 bits per heavy atom. The van der Waals surface area contributed by atoms with Gasteiger partial charge in [-0.2, -0.15) is 0 Å². The molecule has 1 spiro atoms. The highest BCUT2D eigenvalue weighted by molar-refractivity contribution is 5.14. The molecule has 0 radical (unpaired) electrons. The van der Waals surface area contributed by atoms with E-state index in [9.17, 15) is 5.11 Å². The predicted molar refractivity (Wildman–Crippen MR) is 73.7 cm³/mol. The van der Waals surface area contributed by atoms with Crippen molar-refractivity contribution in [2.45, 2.75) is 65.8 Å². The van der Waals surface area contributed by atoms with Gasteiger partial charge < -0.3 is 14.6 Å². The first-order valence-corrected chi connectivity index (χ1v) is 7.58. The van der Waals surface area contributed by atoms with E-state index in [1.165, 1.54) is 0 Å². The summed E-state index contributed by atoms with van der Waals surface area (Å²) in [6.07, 6.45) is 2.55. The highest BCUT2D eigenvalue weighted by Crippen LogP contribution is 2.69. The Hall–Kier alpha value is -0.120. The Balaban J connectivity index is 1.85. The molecule has 3 fully saturated rings. The third-order valence-electron chi connectivity index (χ3n) is 6.37. The van der Waals surface area contributed by atoms with Crippen LogP contribution < -0.4 is 0 Å². The Labute approximate surface area is 116 Å². The molecule has 19 heavy (non-hydrogen) atoms. The van der Waals surface area contributed by atoms with Gasteiger partial charge in [0.05, 0.1) is 19.3 Å². The molecule has 1 N–H and O–H groups in total. The number of hydrogen-bond acceptors (Lipinski definition) is 3. The molecule has 3 nitrogen and oxygen atoms in total. The van der Waals surface area contributed by atoms with E-state index in [0.717, 1.165) is 32.5 Å². The van der Waals surface area contributed by atoms with Gasteiger partial charge in [0.15, 0.2) is 5.79 Å². The number of aliphatic hydroxyl groups excluding tert-OH is 1. The summed E-state index contributed by atoms with van der Waals surface area (Å²) in [6, 6.07) is 0. The predicted octanol–water partition coefficient (Wildman–Crippen LogP) is 2.96. The maximum absolute atomic E-state index is 10.2. The molecule has 110 valence electrons. The number of aliphatic hydroxyl groups is 1. The number of ether oxygens (including phenoxy) is 2. The lowest BCUT2D eigenvalue weighted by molar-refractivity contribution is -0.301. The zero-order chi connectivity index (χ0) is 14.1. The minimum Gasteiger partial charge on any atom is -0.393 e. The average Bonchev–Trinajstić information content (AvgIpc) is 2.60. The van der Waals surface area contributed by atoms with Crippen molar-refractivity contribution < 1.29 is 14.6 Å². The van der Waals surface area contributed by atoms with Crippen molar-refractivity contribution >= 4 is 0 Å². The van der Waals surface area contributed by atoms with E-state index in [1.807, 2.05) is 0 Å². The molecule has 1 heterocycles. The number of fused-ring (bicyclic) bond motifs is 1. The van der Waals surface area contributed by atoms with Crippen LogP contribution in [0.15, 0.2) is 0 Å². The summed E-state index contributed by atoms with van der Waals surface area (Å²) in [6.45, 7) is 12.7. The molecule has 1 aliphatic heterocycles. The van der Waals surface area contributed by atoms with E-state index in [4.69, 9.17) is 9.47 Å². The maximum atomic E-state index is 10.2. The van der Waals surface area contributed by atoms with Gasteiger partial charge in [-0.15, -0.1) is 0 Å². The smallest absolute Gasteiger partial charge is 0.169 e. The molecule has 1 saturated heterocycles. The van der Waals surface area contributed by atoms with Crippen molar-refractivity contribution in [3.63, 3.8) is 0 Å². The topological polar surface area (TPSA) is 38.7 Å². The fourth-order valence-electron chi connectivity index (χ4n) is 4.65. The first kappa shape index (κ1) is 13.8. The van der Waals surface area contributed by atoms with Crippen molar-refractivity contribution in [2.75, 3.05) is 13.2 Å². The molecular formula is C16H28O3. The number of hydrogen-bond donors (Lipinski definition) is 1. The monoisotopic (exact) mass is 268 g/mol. The third kappa shape index (κ3) is 1.81. The molecule has 0 aromatic carbocycles. The fraction of sp³-hybridized carbons (Fsp3) is 1.00. The molecule has 0 aromatic heterocycles. The summed E-state index contributed by atoms with van der Waals surface area (Å²) in [5, 5.41) is 10.2. The second-order valence-corrected chi connectivity index (χ2v) is 8.54. The standard InChI is InChI=1S/C16H28O3/c1-11-12(17)6-14(4)7-16(8-15(11,14)5)18-9-13(2,3)10-19-16/h11-12,17H,6-10H2,1-5H3/t11-,12-,14-,15-/m1/s1. The quantitative estimate of drug-likeness (QED) is 0.734. The van der Waals surface area contributed by atoms with Crippen LogP contribution >= 0.6 is 0 Å². The Morgan fingerprint density at radius 1 is 1.00 bits per heavy atom. The first-order chi connectivity index (χ1) is 8.62. The second-order valence-electron chi connectivity index (χ2n) is 8.54. The molecular weight excluding hydrogens is 240 g/mol. The van der Waals surface area contributed by atoms with Crippen molar-refractivity contribution in [3.05, 3.63) is 0 Å². The summed E-state index contributed by atoms with van der Waals surface area (Å²) in [5.74, 6) is -0.0769. The van der Waals surface area contributed by atoms with Gasteiger partial charge in [0.25, 0.3) is 0 Å². The van der Waals surface area contributed by atoms with Crippen LogP contribution in [-0.2, 0) is 9.47 Å². The van der Waals surface area contributed by atoms with E-state index >= 15 is 0 Å². The van der Waals surface area contributed by atoms with Crippen LogP contribution in [0.2, 0.25) is 0 Å². The van der Waals surface area contributed by atoms with Gasteiger partial charge in [0, 0.05) is 18.3 Å². The maximum Gasteiger partial charge on any atom is 0.169 e. The molecule has 3 rings (SSSR count). The molecule has 0 aromatic rings. The summed E-state index contributed by atoms with van der Waals surface area (Å²) in [4.78, 5) is 0. The zero-order valence-corrected chi connectivity index (χ0v) is 13.0. The summed E-state index contributed by atoms with van der Waals surface area (Å²) < 4.78 is 12.4. The van der Waals surface area contributed by atoms with Crippen LogP contribution in [0.25, 0.3) is 0 Å². The van der Waals surface area contributed by atoms with Crippen molar-refractivity contribution in [1.29, 1.82) is 0 Å². The first-order valence-electron chi connectivity index (χ1n) is 7.58. The van der Waals surface area contributed by atoms with Crippen LogP contribution in [0.5, 0.6) is 0 Å². The van der Waals surface area contributed by atoms with Crippen LogP contribution in [0.1, 0.15) is 53.9 Å². The SMILES string of the molecule is C[C@@H]1[C@H](O)C[C@]2(C)CC3(C[C@]12C)OCC(C)(C)CO3. The van der Waals surface area contributed by atoms with Crippen molar-refractivity contribution in [3.8, 4) is 0 Å². The lowest BCUT2D eigenvalue weighted by atomic mass is 9.67. The van der Waals surface area contributed by atoms with E-state index < -0.39 is 5.79 Å². The highest BCUT2D eigenvalue weighted by Gasteiger charge is 2.67. The van der Waals surface area contributed by atoms with Crippen molar-refractivity contribution in [1.82, 2.24) is 0 Å². The van der Waals surface area contributed by atoms with Gasteiger partial charge in [0.2, 0.25) is 0 Å². The summed E-state index contributed by atoms with van der Waals surface area (Å²) in [7, 11) is 0. The van der Waals surface area contributed by atoms with Gasteiger partial charge in [-0.1, -0.05) is 34.6 Å². The fourth-order valence-corrected chi connectivity index (χ4v) is 4.65. The van der Waals surface area contributed by atoms with Crippen LogP contribution in [0.4, 0.5) is 0 Å². The van der Waals surface area contributed by atoms with Crippen LogP contribution in [0, 0.1) is 22.2 Å². The van der Waals surface area contributed by atoms with Gasteiger partial charge in [-0.05, 0) is 23.2 Å². The molecule has 3 aliphatic rings. The molecule has 0 bridgehead atoms. The molecule has 3 heteroatoms. The van der Waals surface area contributed by atoms with Gasteiger partial charge in [-0.25, -0.2) is 0 Å². The van der Waals surface area contributed by atoms with E-state index in [-0.39, 0.29) is 22.3 Å². The van der Waals surface area contributed by atoms with Gasteiger partial charge in [-0.3, -0.25) is 0 Å². The molecule has 2 saturated carbocycles. The third-order valence-corrected chi connectivity index (χ3v) is 6.37. The Morgan fingerprint density at radius 3 is 2.11 bits per heavy atom. The minimum atomic E-state index is -0.395. The average molecular weight is 268 g/mol.